The van der Waals surface area contributed by atoms with Crippen LogP contribution in [-0.4, -0.2) is 49.6 Å². The molecule has 5 nitrogen and oxygen atoms in total. The van der Waals surface area contributed by atoms with E-state index in [0.29, 0.717) is 12.7 Å². The predicted molar refractivity (Wildman–Crippen MR) is 130 cm³/mol. The highest BCUT2D eigenvalue weighted by Crippen LogP contribution is 2.46. The Hall–Kier alpha value is -2.60. The van der Waals surface area contributed by atoms with Gasteiger partial charge in [0, 0.05) is 32.7 Å². The molecule has 6 heteroatoms. The summed E-state index contributed by atoms with van der Waals surface area (Å²) >= 11 is 1.55. The Morgan fingerprint density at radius 2 is 1.81 bits per heavy atom. The van der Waals surface area contributed by atoms with E-state index in [0.717, 1.165) is 50.6 Å². The van der Waals surface area contributed by atoms with Crippen LogP contribution in [0.25, 0.3) is 21.5 Å². The number of benzene rings is 1. The van der Waals surface area contributed by atoms with Crippen LogP contribution < -0.4 is 9.80 Å². The van der Waals surface area contributed by atoms with Gasteiger partial charge in [-0.3, -0.25) is 4.79 Å². The van der Waals surface area contributed by atoms with Gasteiger partial charge in [0.2, 0.25) is 0 Å². The van der Waals surface area contributed by atoms with Crippen molar-refractivity contribution < 1.29 is 4.79 Å². The van der Waals surface area contributed by atoms with Crippen LogP contribution in [0.15, 0.2) is 30.3 Å². The fraction of sp³-hybridized carbons (Fsp3) is 0.440. The van der Waals surface area contributed by atoms with Crippen LogP contribution in [0.1, 0.15) is 47.3 Å². The lowest BCUT2D eigenvalue weighted by Gasteiger charge is -2.40. The third kappa shape index (κ3) is 3.47. The van der Waals surface area contributed by atoms with Crippen LogP contribution in [-0.2, 0) is 0 Å². The van der Waals surface area contributed by atoms with Gasteiger partial charge < -0.3 is 14.7 Å². The summed E-state index contributed by atoms with van der Waals surface area (Å²) in [4.78, 5) is 26.9. The molecule has 0 N–H and O–H groups in total. The van der Waals surface area contributed by atoms with Gasteiger partial charge >= 0.3 is 0 Å². The highest BCUT2D eigenvalue weighted by Gasteiger charge is 2.37. The van der Waals surface area contributed by atoms with E-state index in [4.69, 9.17) is 4.98 Å². The van der Waals surface area contributed by atoms with E-state index in [2.05, 4.69) is 73.1 Å². The average molecular weight is 435 g/mol. The first-order valence-electron chi connectivity index (χ1n) is 11.2. The molecule has 2 aromatic heterocycles. The highest BCUT2D eigenvalue weighted by molar-refractivity contribution is 7.21. The number of amides is 1. The summed E-state index contributed by atoms with van der Waals surface area (Å²) in [5.41, 5.74) is 5.45. The van der Waals surface area contributed by atoms with Gasteiger partial charge in [-0.15, -0.1) is 11.3 Å². The Morgan fingerprint density at radius 1 is 1.10 bits per heavy atom. The smallest absolute Gasteiger partial charge is 0.267 e. The number of pyridine rings is 1. The summed E-state index contributed by atoms with van der Waals surface area (Å²) in [6.45, 7) is 2.76. The lowest BCUT2D eigenvalue weighted by atomic mass is 9.94. The second-order valence-electron chi connectivity index (χ2n) is 9.15. The van der Waals surface area contributed by atoms with Crippen molar-refractivity contribution in [2.45, 2.75) is 45.1 Å². The van der Waals surface area contributed by atoms with Crippen molar-refractivity contribution >= 4 is 38.8 Å². The second-order valence-corrected chi connectivity index (χ2v) is 10.2. The van der Waals surface area contributed by atoms with Crippen LogP contribution in [0.2, 0.25) is 0 Å². The minimum absolute atomic E-state index is 0.185. The molecule has 5 rings (SSSR count). The molecule has 1 amide bonds. The third-order valence-corrected chi connectivity index (χ3v) is 7.72. The third-order valence-electron chi connectivity index (χ3n) is 6.66. The van der Waals surface area contributed by atoms with Crippen molar-refractivity contribution in [3.8, 4) is 11.3 Å². The topological polar surface area (TPSA) is 39.7 Å². The largest absolute Gasteiger partial charge is 0.377 e. The number of carbonyl (C=O) groups excluding carboxylic acids is 1. The fourth-order valence-electron chi connectivity index (χ4n) is 4.97. The molecule has 1 aromatic carbocycles. The number of fused-ring (bicyclic) bond motifs is 3. The zero-order chi connectivity index (χ0) is 21.7. The Kier molecular flexibility index (Phi) is 5.13. The van der Waals surface area contributed by atoms with Gasteiger partial charge in [-0.05, 0) is 25.8 Å². The molecule has 31 heavy (non-hydrogen) atoms. The number of aryl methyl sites for hydroxylation is 1. The molecule has 1 aliphatic carbocycles. The van der Waals surface area contributed by atoms with Crippen LogP contribution in [0.4, 0.5) is 11.4 Å². The maximum atomic E-state index is 13.6. The number of nitrogens with zero attached hydrogens (tertiary/aromatic N) is 4. The molecular weight excluding hydrogens is 404 g/mol. The first-order valence-corrected chi connectivity index (χ1v) is 12.0. The SMILES string of the molecule is Cc1ccc(-c2cc(N(C)C)c3c4c(sc3n2)C(=O)N(C2CCCCC2)CN4C)cc1. The highest BCUT2D eigenvalue weighted by atomic mass is 32.1. The maximum Gasteiger partial charge on any atom is 0.267 e. The summed E-state index contributed by atoms with van der Waals surface area (Å²) in [7, 11) is 6.24. The summed E-state index contributed by atoms with van der Waals surface area (Å²) in [5, 5.41) is 1.10. The maximum absolute atomic E-state index is 13.6. The number of anilines is 2. The molecule has 2 aliphatic rings. The lowest BCUT2D eigenvalue weighted by Crippen LogP contribution is -2.50. The van der Waals surface area contributed by atoms with Crippen molar-refractivity contribution in [3.05, 3.63) is 40.8 Å². The van der Waals surface area contributed by atoms with E-state index < -0.39 is 0 Å². The van der Waals surface area contributed by atoms with Crippen LogP contribution >= 0.6 is 11.3 Å². The van der Waals surface area contributed by atoms with E-state index in [-0.39, 0.29) is 5.91 Å². The normalized spacial score (nSPS) is 17.4. The van der Waals surface area contributed by atoms with Crippen LogP contribution in [0.5, 0.6) is 0 Å². The van der Waals surface area contributed by atoms with Crippen molar-refractivity contribution in [1.82, 2.24) is 9.88 Å². The molecule has 3 heterocycles. The molecule has 1 aliphatic heterocycles. The van der Waals surface area contributed by atoms with Gasteiger partial charge in [-0.25, -0.2) is 4.98 Å². The molecule has 1 saturated carbocycles. The van der Waals surface area contributed by atoms with E-state index in [1.807, 2.05) is 0 Å². The average Bonchev–Trinajstić information content (AvgIpc) is 3.17. The number of hydrogen-bond donors (Lipinski definition) is 0. The second kappa shape index (κ2) is 7.83. The summed E-state index contributed by atoms with van der Waals surface area (Å²) < 4.78 is 0. The van der Waals surface area contributed by atoms with E-state index in [1.165, 1.54) is 24.8 Å². The lowest BCUT2D eigenvalue weighted by molar-refractivity contribution is 0.0626. The first-order chi connectivity index (χ1) is 14.9. The quantitative estimate of drug-likeness (QED) is 0.544. The standard InChI is InChI=1S/C25H30N4OS/c1-16-10-12-17(13-11-16)19-14-20(27(2)3)21-22-23(31-24(21)26-19)25(30)29(15-28(22)4)18-8-6-5-7-9-18/h10-14,18H,5-9,15H2,1-4H3. The van der Waals surface area contributed by atoms with Crippen molar-refractivity contribution in [2.75, 3.05) is 37.6 Å². The number of rotatable bonds is 3. The summed E-state index contributed by atoms with van der Waals surface area (Å²) in [5.74, 6) is 0.185. The van der Waals surface area contributed by atoms with Gasteiger partial charge in [0.25, 0.3) is 5.91 Å². The van der Waals surface area contributed by atoms with Crippen LogP contribution in [0, 0.1) is 6.92 Å². The van der Waals surface area contributed by atoms with Gasteiger partial charge in [-0.1, -0.05) is 49.1 Å². The van der Waals surface area contributed by atoms with Crippen molar-refractivity contribution in [2.24, 2.45) is 0 Å². The summed E-state index contributed by atoms with van der Waals surface area (Å²) in [6, 6.07) is 11.0. The van der Waals surface area contributed by atoms with Gasteiger partial charge in [0.05, 0.1) is 29.1 Å². The molecule has 1 fully saturated rings. The molecule has 0 unspecified atom stereocenters. The predicted octanol–water partition coefficient (Wildman–Crippen LogP) is 5.52. The van der Waals surface area contributed by atoms with Gasteiger partial charge in [-0.2, -0.15) is 0 Å². The van der Waals surface area contributed by atoms with E-state index in [9.17, 15) is 4.79 Å². The van der Waals surface area contributed by atoms with E-state index >= 15 is 0 Å². The molecule has 0 spiro atoms. The summed E-state index contributed by atoms with van der Waals surface area (Å²) in [6.07, 6.45) is 5.99. The number of carbonyl (C=O) groups is 1. The van der Waals surface area contributed by atoms with E-state index in [1.54, 1.807) is 11.3 Å². The fourth-order valence-corrected chi connectivity index (χ4v) is 6.17. The molecular formula is C25H30N4OS. The van der Waals surface area contributed by atoms with Crippen molar-refractivity contribution in [3.63, 3.8) is 0 Å². The Balaban J connectivity index is 1.65. The number of thiophene rings is 1. The Labute approximate surface area is 188 Å². The minimum atomic E-state index is 0.185. The van der Waals surface area contributed by atoms with Gasteiger partial charge in [0.1, 0.15) is 9.71 Å². The van der Waals surface area contributed by atoms with Gasteiger partial charge in [0.15, 0.2) is 0 Å². The molecule has 0 saturated heterocycles. The first kappa shape index (κ1) is 20.3. The number of aromatic nitrogens is 1. The molecule has 0 radical (unpaired) electrons. The monoisotopic (exact) mass is 434 g/mol. The van der Waals surface area contributed by atoms with Crippen molar-refractivity contribution in [1.29, 1.82) is 0 Å². The Bertz CT molecular complexity index is 1130. The zero-order valence-electron chi connectivity index (χ0n) is 18.8. The van der Waals surface area contributed by atoms with Crippen LogP contribution in [0.3, 0.4) is 0 Å². The molecule has 0 bridgehead atoms. The molecule has 162 valence electrons. The molecule has 3 aromatic rings. The molecule has 0 atom stereocenters. The minimum Gasteiger partial charge on any atom is -0.377 e. The zero-order valence-corrected chi connectivity index (χ0v) is 19.6. The Morgan fingerprint density at radius 3 is 2.48 bits per heavy atom. The number of hydrogen-bond acceptors (Lipinski definition) is 5.